The van der Waals surface area contributed by atoms with Crippen molar-refractivity contribution < 1.29 is 4.92 Å². The molecule has 1 heterocycles. The molecule has 0 atom stereocenters. The molecule has 0 amide bonds. The normalized spacial score (nSPS) is 12.6. The number of nitrogens with one attached hydrogen (secondary N) is 1. The average molecular weight is 240 g/mol. The molecule has 92 valence electrons. The van der Waals surface area contributed by atoms with E-state index in [1.807, 2.05) is 0 Å². The highest BCUT2D eigenvalue weighted by molar-refractivity contribution is 5.95. The number of nitrogens with two attached hydrogens (primary N) is 2. The monoisotopic (exact) mass is 240 g/mol. The molecule has 0 saturated heterocycles. The Kier molecular flexibility index (Phi) is 3.59. The van der Waals surface area contributed by atoms with E-state index >= 15 is 0 Å². The lowest BCUT2D eigenvalue weighted by atomic mass is 10.5. The first-order valence-electron chi connectivity index (χ1n) is 4.45. The second kappa shape index (κ2) is 4.92. The zero-order valence-electron chi connectivity index (χ0n) is 9.28. The zero-order valence-corrected chi connectivity index (χ0v) is 9.28. The number of hydrogen-bond donors (Lipinski definition) is 3. The first-order valence-corrected chi connectivity index (χ1v) is 4.45. The Bertz CT molecular complexity index is 488. The number of aromatic nitrogens is 2. The van der Waals surface area contributed by atoms with Gasteiger partial charge in [0.2, 0.25) is 11.8 Å². The third-order valence-corrected chi connectivity index (χ3v) is 1.91. The van der Waals surface area contributed by atoms with Crippen molar-refractivity contribution in [1.82, 2.24) is 15.0 Å². The molecule has 17 heavy (non-hydrogen) atoms. The first-order chi connectivity index (χ1) is 7.97. The van der Waals surface area contributed by atoms with Crippen LogP contribution in [0.4, 0.5) is 5.82 Å². The SMILES string of the molecule is CN=C(N)NN=C(N)c1ncc([N+](=O)[O-])n1C. The third kappa shape index (κ3) is 2.68. The Morgan fingerprint density at radius 3 is 2.76 bits per heavy atom. The number of guanidine groups is 1. The van der Waals surface area contributed by atoms with Crippen LogP contribution in [0.3, 0.4) is 0 Å². The van der Waals surface area contributed by atoms with Gasteiger partial charge in [-0.15, -0.1) is 5.10 Å². The van der Waals surface area contributed by atoms with Gasteiger partial charge >= 0.3 is 5.82 Å². The molecule has 10 heteroatoms. The van der Waals surface area contributed by atoms with Crippen molar-refractivity contribution in [2.45, 2.75) is 0 Å². The molecule has 0 fully saturated rings. The predicted octanol–water partition coefficient (Wildman–Crippen LogP) is -1.52. The maximum absolute atomic E-state index is 10.6. The van der Waals surface area contributed by atoms with Crippen molar-refractivity contribution in [3.05, 3.63) is 22.1 Å². The van der Waals surface area contributed by atoms with E-state index in [9.17, 15) is 10.1 Å². The van der Waals surface area contributed by atoms with E-state index in [2.05, 4.69) is 20.5 Å². The fourth-order valence-corrected chi connectivity index (χ4v) is 1.03. The predicted molar refractivity (Wildman–Crippen MR) is 61.3 cm³/mol. The van der Waals surface area contributed by atoms with E-state index < -0.39 is 4.92 Å². The van der Waals surface area contributed by atoms with Gasteiger partial charge in [0.1, 0.15) is 6.20 Å². The van der Waals surface area contributed by atoms with E-state index in [0.717, 1.165) is 6.20 Å². The molecule has 5 N–H and O–H groups in total. The van der Waals surface area contributed by atoms with Crippen LogP contribution in [0.5, 0.6) is 0 Å². The lowest BCUT2D eigenvalue weighted by molar-refractivity contribution is -0.391. The number of aliphatic imine (C=N–C) groups is 1. The Balaban J connectivity index is 2.97. The number of rotatable bonds is 3. The van der Waals surface area contributed by atoms with Crippen molar-refractivity contribution in [1.29, 1.82) is 0 Å². The second-order valence-corrected chi connectivity index (χ2v) is 2.97. The van der Waals surface area contributed by atoms with Crippen LogP contribution in [0.1, 0.15) is 5.82 Å². The molecule has 0 bridgehead atoms. The summed E-state index contributed by atoms with van der Waals surface area (Å²) in [5.74, 6) is 0.00671. The largest absolute Gasteiger partial charge is 0.377 e. The maximum atomic E-state index is 10.6. The van der Waals surface area contributed by atoms with Crippen LogP contribution in [0.15, 0.2) is 16.3 Å². The number of hydrogen-bond acceptors (Lipinski definition) is 5. The van der Waals surface area contributed by atoms with Gasteiger partial charge in [0.25, 0.3) is 5.82 Å². The van der Waals surface area contributed by atoms with Crippen LogP contribution in [0, 0.1) is 10.1 Å². The topological polar surface area (TPSA) is 150 Å². The summed E-state index contributed by atoms with van der Waals surface area (Å²) in [6.45, 7) is 0. The van der Waals surface area contributed by atoms with Gasteiger partial charge in [0.15, 0.2) is 0 Å². The molecule has 0 aliphatic rings. The summed E-state index contributed by atoms with van der Waals surface area (Å²) in [5.41, 5.74) is 13.3. The molecule has 1 rings (SSSR count). The fourth-order valence-electron chi connectivity index (χ4n) is 1.03. The highest BCUT2D eigenvalue weighted by Gasteiger charge is 2.19. The smallest absolute Gasteiger partial charge is 0.343 e. The number of nitro groups is 1. The van der Waals surface area contributed by atoms with Crippen LogP contribution < -0.4 is 16.9 Å². The highest BCUT2D eigenvalue weighted by Crippen LogP contribution is 2.10. The third-order valence-electron chi connectivity index (χ3n) is 1.91. The summed E-state index contributed by atoms with van der Waals surface area (Å²) in [6, 6.07) is 0. The molecule has 0 unspecified atom stereocenters. The summed E-state index contributed by atoms with van der Waals surface area (Å²) in [6.07, 6.45) is 1.09. The van der Waals surface area contributed by atoms with Gasteiger partial charge in [-0.25, -0.2) is 15.0 Å². The van der Waals surface area contributed by atoms with Crippen LogP contribution >= 0.6 is 0 Å². The fraction of sp³-hybridized carbons (Fsp3) is 0.286. The lowest BCUT2D eigenvalue weighted by Crippen LogP contribution is -2.31. The van der Waals surface area contributed by atoms with Crippen LogP contribution in [-0.2, 0) is 7.05 Å². The van der Waals surface area contributed by atoms with Gasteiger partial charge in [-0.3, -0.25) is 4.99 Å². The van der Waals surface area contributed by atoms with Crippen LogP contribution in [-0.4, -0.2) is 33.3 Å². The van der Waals surface area contributed by atoms with Crippen molar-refractivity contribution in [3.63, 3.8) is 0 Å². The summed E-state index contributed by atoms with van der Waals surface area (Å²) < 4.78 is 1.21. The van der Waals surface area contributed by atoms with Crippen LogP contribution in [0.2, 0.25) is 0 Å². The average Bonchev–Trinajstić information content (AvgIpc) is 2.67. The molecule has 0 aromatic carbocycles. The molecule has 0 aliphatic carbocycles. The molecule has 10 nitrogen and oxygen atoms in total. The van der Waals surface area contributed by atoms with Crippen LogP contribution in [0.25, 0.3) is 0 Å². The van der Waals surface area contributed by atoms with Gasteiger partial charge in [-0.1, -0.05) is 0 Å². The second-order valence-electron chi connectivity index (χ2n) is 2.97. The number of nitrogens with zero attached hydrogens (tertiary/aromatic N) is 5. The summed E-state index contributed by atoms with van der Waals surface area (Å²) in [5, 5.41) is 14.3. The number of hydrazone groups is 1. The van der Waals surface area contributed by atoms with E-state index in [-0.39, 0.29) is 23.4 Å². The first kappa shape index (κ1) is 12.4. The van der Waals surface area contributed by atoms with E-state index in [1.54, 1.807) is 0 Å². The molecule has 1 aromatic heterocycles. The Labute approximate surface area is 96.2 Å². The molecular weight excluding hydrogens is 228 g/mol. The van der Waals surface area contributed by atoms with Crippen molar-refractivity contribution in [3.8, 4) is 0 Å². The molecule has 0 radical (unpaired) electrons. The number of imidazole rings is 1. The lowest BCUT2D eigenvalue weighted by Gasteiger charge is -2.00. The molecule has 0 aliphatic heterocycles. The highest BCUT2D eigenvalue weighted by atomic mass is 16.6. The van der Waals surface area contributed by atoms with Crippen molar-refractivity contribution in [2.24, 2.45) is 28.6 Å². The standard InChI is InChI=1S/C7H12N8O2/c1-10-7(9)13-12-5(8)6-11-3-4(14(6)2)15(16)17/h3H,1-2H3,(H2,8,12)(H3,9,10,13). The maximum Gasteiger partial charge on any atom is 0.343 e. The molecule has 0 saturated carbocycles. The van der Waals surface area contributed by atoms with Crippen molar-refractivity contribution in [2.75, 3.05) is 7.05 Å². The molecule has 1 aromatic rings. The Morgan fingerprint density at radius 2 is 2.29 bits per heavy atom. The molecule has 0 spiro atoms. The number of amidine groups is 1. The molecular formula is C7H12N8O2. The summed E-state index contributed by atoms with van der Waals surface area (Å²) >= 11 is 0. The van der Waals surface area contributed by atoms with E-state index in [0.29, 0.717) is 0 Å². The van der Waals surface area contributed by atoms with E-state index in [4.69, 9.17) is 11.5 Å². The summed E-state index contributed by atoms with van der Waals surface area (Å²) in [4.78, 5) is 17.4. The quantitative estimate of drug-likeness (QED) is 0.253. The Morgan fingerprint density at radius 1 is 1.65 bits per heavy atom. The van der Waals surface area contributed by atoms with E-state index in [1.165, 1.54) is 18.7 Å². The minimum absolute atomic E-state index is 0.0350. The minimum Gasteiger partial charge on any atom is -0.377 e. The Hall–Kier alpha value is -2.65. The minimum atomic E-state index is -0.570. The van der Waals surface area contributed by atoms with Crippen molar-refractivity contribution >= 4 is 17.6 Å². The van der Waals surface area contributed by atoms with Gasteiger partial charge in [-0.2, -0.15) is 0 Å². The van der Waals surface area contributed by atoms with Gasteiger partial charge in [-0.05, 0) is 4.92 Å². The summed E-state index contributed by atoms with van der Waals surface area (Å²) in [7, 11) is 2.93. The van der Waals surface area contributed by atoms with Gasteiger partial charge in [0.05, 0.1) is 7.05 Å². The van der Waals surface area contributed by atoms with Gasteiger partial charge in [0, 0.05) is 7.05 Å². The van der Waals surface area contributed by atoms with Gasteiger partial charge < -0.3 is 21.6 Å². The zero-order chi connectivity index (χ0) is 13.0.